The molecule has 0 radical (unpaired) electrons. The number of ketones is 2. The topological polar surface area (TPSA) is 119 Å². The lowest BCUT2D eigenvalue weighted by Crippen LogP contribution is -2.56. The van der Waals surface area contributed by atoms with Crippen LogP contribution in [0.15, 0.2) is 29.1 Å². The number of carbonyl (C=O) groups excluding carboxylic acids is 3. The maximum atomic E-state index is 13.3. The zero-order valence-electron chi connectivity index (χ0n) is 20.2. The number of aliphatic hydroxyl groups is 1. The predicted octanol–water partition coefficient (Wildman–Crippen LogP) is 3.72. The maximum absolute atomic E-state index is 13.3. The molecule has 0 aromatic carbocycles. The third-order valence-corrected chi connectivity index (χ3v) is 9.23. The number of rotatable bonds is 8. The van der Waals surface area contributed by atoms with Crippen molar-refractivity contribution in [3.8, 4) is 0 Å². The average Bonchev–Trinajstić information content (AvgIpc) is 3.05. The van der Waals surface area contributed by atoms with Crippen LogP contribution in [0.4, 0.5) is 0 Å². The number of fused-ring (bicyclic) bond motifs is 5. The minimum Gasteiger partial charge on any atom is -0.458 e. The van der Waals surface area contributed by atoms with Gasteiger partial charge in [-0.05, 0) is 67.4 Å². The summed E-state index contributed by atoms with van der Waals surface area (Å²) in [5.74, 6) is -0.143. The second kappa shape index (κ2) is 9.36. The molecule has 34 heavy (non-hydrogen) atoms. The minimum absolute atomic E-state index is 0.0173. The van der Waals surface area contributed by atoms with Crippen LogP contribution < -0.4 is 0 Å². The molecule has 3 saturated carbocycles. The van der Waals surface area contributed by atoms with Crippen molar-refractivity contribution in [3.63, 3.8) is 0 Å². The van der Waals surface area contributed by atoms with Crippen molar-refractivity contribution in [2.45, 2.75) is 65.4 Å². The van der Waals surface area contributed by atoms with E-state index in [1.165, 1.54) is 0 Å². The van der Waals surface area contributed by atoms with Gasteiger partial charge in [-0.15, -0.1) is 4.91 Å². The molecule has 4 aliphatic rings. The highest BCUT2D eigenvalue weighted by Crippen LogP contribution is 2.67. The Bertz CT molecular complexity index is 926. The van der Waals surface area contributed by atoms with Crippen molar-refractivity contribution in [1.29, 1.82) is 0 Å². The number of nitrogens with zero attached hydrogens (tertiary/aromatic N) is 1. The first kappa shape index (κ1) is 24.8. The molecule has 0 spiro atoms. The summed E-state index contributed by atoms with van der Waals surface area (Å²) in [5, 5.41) is 13.7. The first-order chi connectivity index (χ1) is 16.1. The number of Topliss-reactive ketones (excluding diaryl/α,β-unsaturated/α-hetero) is 1. The van der Waals surface area contributed by atoms with E-state index < -0.39 is 12.1 Å². The van der Waals surface area contributed by atoms with Gasteiger partial charge in [-0.2, -0.15) is 0 Å². The van der Waals surface area contributed by atoms with Gasteiger partial charge in [0.2, 0.25) is 0 Å². The van der Waals surface area contributed by atoms with Crippen molar-refractivity contribution < 1.29 is 29.1 Å². The number of esters is 1. The van der Waals surface area contributed by atoms with Gasteiger partial charge in [-0.25, -0.2) is 0 Å². The summed E-state index contributed by atoms with van der Waals surface area (Å²) < 4.78 is 5.24. The van der Waals surface area contributed by atoms with E-state index in [1.807, 2.05) is 6.08 Å². The van der Waals surface area contributed by atoms with Crippen molar-refractivity contribution >= 4 is 17.5 Å². The zero-order chi connectivity index (χ0) is 24.7. The molecular formula is C26H35NO7. The summed E-state index contributed by atoms with van der Waals surface area (Å²) in [4.78, 5) is 51.5. The third kappa shape index (κ3) is 4.14. The lowest BCUT2D eigenvalue weighted by atomic mass is 9.46. The van der Waals surface area contributed by atoms with Gasteiger partial charge in [0.15, 0.2) is 16.9 Å². The highest BCUT2D eigenvalue weighted by atomic mass is 16.7. The predicted molar refractivity (Wildman–Crippen MR) is 123 cm³/mol. The molecule has 0 amide bonds. The molecule has 0 aromatic rings. The number of aliphatic hydroxyl groups excluding tert-OH is 1. The standard InChI is InChI=1S/C26H35NO7/c1-15-11-19-18-7-6-16-12-17(28)8-9-25(16,2)24(18)20(29)13-26(19,3)23(15)21(30)14-33-22(31)5-4-10-34-27-32/h8-9,12,15,18-20,23-24,29H,4-7,10-11,13-14H2,1-3H3. The van der Waals surface area contributed by atoms with Crippen LogP contribution in [0.3, 0.4) is 0 Å². The van der Waals surface area contributed by atoms with Crippen molar-refractivity contribution in [1.82, 2.24) is 0 Å². The van der Waals surface area contributed by atoms with E-state index in [2.05, 4.69) is 30.9 Å². The third-order valence-electron chi connectivity index (χ3n) is 9.23. The van der Waals surface area contributed by atoms with Crippen LogP contribution in [0.25, 0.3) is 0 Å². The summed E-state index contributed by atoms with van der Waals surface area (Å²) in [6.45, 7) is 6.12. The largest absolute Gasteiger partial charge is 0.458 e. The molecule has 8 nitrogen and oxygen atoms in total. The highest BCUT2D eigenvalue weighted by Gasteiger charge is 2.64. The Balaban J connectivity index is 1.47. The second-order valence-electron chi connectivity index (χ2n) is 11.1. The number of carbonyl (C=O) groups is 3. The van der Waals surface area contributed by atoms with Crippen LogP contribution in [0.5, 0.6) is 0 Å². The van der Waals surface area contributed by atoms with Crippen LogP contribution in [-0.2, 0) is 24.0 Å². The van der Waals surface area contributed by atoms with E-state index in [4.69, 9.17) is 4.74 Å². The Hall–Kier alpha value is -2.35. The molecule has 8 heteroatoms. The van der Waals surface area contributed by atoms with Gasteiger partial charge >= 0.3 is 5.97 Å². The molecule has 4 rings (SSSR count). The van der Waals surface area contributed by atoms with Crippen molar-refractivity contribution in [3.05, 3.63) is 28.7 Å². The molecule has 8 unspecified atom stereocenters. The van der Waals surface area contributed by atoms with Crippen molar-refractivity contribution in [2.75, 3.05) is 13.2 Å². The fraction of sp³-hybridized carbons (Fsp3) is 0.731. The van der Waals surface area contributed by atoms with E-state index >= 15 is 0 Å². The Labute approximate surface area is 200 Å². The molecule has 186 valence electrons. The van der Waals surface area contributed by atoms with E-state index in [0.717, 1.165) is 24.8 Å². The zero-order valence-corrected chi connectivity index (χ0v) is 20.2. The van der Waals surface area contributed by atoms with Gasteiger partial charge in [-0.3, -0.25) is 14.4 Å². The number of ether oxygens (including phenoxy) is 1. The highest BCUT2D eigenvalue weighted by molar-refractivity contribution is 6.01. The molecule has 1 N–H and O–H groups in total. The van der Waals surface area contributed by atoms with Gasteiger partial charge in [0.05, 0.1) is 6.10 Å². The molecule has 0 aromatic heterocycles. The molecular weight excluding hydrogens is 438 g/mol. The first-order valence-corrected chi connectivity index (χ1v) is 12.4. The second-order valence-corrected chi connectivity index (χ2v) is 11.1. The van der Waals surface area contributed by atoms with Crippen molar-refractivity contribution in [2.24, 2.45) is 45.8 Å². The smallest absolute Gasteiger partial charge is 0.306 e. The summed E-state index contributed by atoms with van der Waals surface area (Å²) in [7, 11) is 0. The van der Waals surface area contributed by atoms with Crippen LogP contribution in [-0.4, -0.2) is 42.0 Å². The number of allylic oxidation sites excluding steroid dienone is 4. The Morgan fingerprint density at radius 3 is 2.79 bits per heavy atom. The average molecular weight is 474 g/mol. The Morgan fingerprint density at radius 1 is 1.29 bits per heavy atom. The number of hydrogen-bond donors (Lipinski definition) is 1. The molecule has 0 bridgehead atoms. The molecule has 4 aliphatic carbocycles. The maximum Gasteiger partial charge on any atom is 0.306 e. The lowest BCUT2D eigenvalue weighted by Gasteiger charge is -2.58. The number of hydrogen-bond acceptors (Lipinski definition) is 8. The Morgan fingerprint density at radius 2 is 2.06 bits per heavy atom. The Kier molecular flexibility index (Phi) is 6.82. The molecule has 3 fully saturated rings. The summed E-state index contributed by atoms with van der Waals surface area (Å²) in [6.07, 6.45) is 8.31. The lowest BCUT2D eigenvalue weighted by molar-refractivity contribution is -0.154. The molecule has 8 atom stereocenters. The fourth-order valence-electron chi connectivity index (χ4n) is 8.01. The fourth-order valence-corrected chi connectivity index (χ4v) is 8.01. The van der Waals surface area contributed by atoms with Gasteiger partial charge in [0, 0.05) is 23.7 Å². The molecule has 0 aliphatic heterocycles. The summed E-state index contributed by atoms with van der Waals surface area (Å²) >= 11 is 0. The minimum atomic E-state index is -0.576. The van der Waals surface area contributed by atoms with E-state index in [9.17, 15) is 24.4 Å². The van der Waals surface area contributed by atoms with Crippen LogP contribution in [0.2, 0.25) is 0 Å². The van der Waals surface area contributed by atoms with E-state index in [1.54, 1.807) is 12.2 Å². The van der Waals surface area contributed by atoms with Gasteiger partial charge in [0.1, 0.15) is 13.2 Å². The molecule has 0 saturated heterocycles. The normalized spacial score (nSPS) is 40.5. The van der Waals surface area contributed by atoms with Gasteiger partial charge in [-0.1, -0.05) is 32.4 Å². The SMILES string of the molecule is CC1CC2C3CCC4=CC(=O)C=CC4(C)C3C(O)CC2(C)C1C(=O)COC(=O)CCCON=O. The van der Waals surface area contributed by atoms with Gasteiger partial charge in [0.25, 0.3) is 0 Å². The van der Waals surface area contributed by atoms with E-state index in [0.29, 0.717) is 12.8 Å². The first-order valence-electron chi connectivity index (χ1n) is 12.4. The van der Waals surface area contributed by atoms with Gasteiger partial charge < -0.3 is 14.7 Å². The monoisotopic (exact) mass is 473 g/mol. The van der Waals surface area contributed by atoms with Crippen LogP contribution in [0, 0.1) is 45.3 Å². The van der Waals surface area contributed by atoms with Crippen LogP contribution in [0.1, 0.15) is 59.3 Å². The quantitative estimate of drug-likeness (QED) is 0.247. The summed E-state index contributed by atoms with van der Waals surface area (Å²) in [5.41, 5.74) is 0.420. The van der Waals surface area contributed by atoms with Crippen LogP contribution >= 0.6 is 0 Å². The molecule has 0 heterocycles. The summed E-state index contributed by atoms with van der Waals surface area (Å²) in [6, 6.07) is 0. The van der Waals surface area contributed by atoms with E-state index in [-0.39, 0.29) is 71.6 Å².